The highest BCUT2D eigenvalue weighted by Crippen LogP contribution is 2.36. The highest BCUT2D eigenvalue weighted by molar-refractivity contribution is 7.18. The number of amides is 1. The van der Waals surface area contributed by atoms with Gasteiger partial charge in [-0.3, -0.25) is 4.79 Å². The summed E-state index contributed by atoms with van der Waals surface area (Å²) in [5.74, 6) is 0.0284. The molecule has 0 aliphatic carbocycles. The molecule has 5 rings (SSSR count). The number of piperidine rings is 1. The fourth-order valence-electron chi connectivity index (χ4n) is 4.06. The van der Waals surface area contributed by atoms with Crippen LogP contribution in [0.25, 0.3) is 21.3 Å². The molecule has 7 heteroatoms. The van der Waals surface area contributed by atoms with Crippen LogP contribution in [0.5, 0.6) is 0 Å². The molecule has 4 heterocycles. The van der Waals surface area contributed by atoms with Crippen molar-refractivity contribution in [2.45, 2.75) is 45.2 Å². The second-order valence-electron chi connectivity index (χ2n) is 7.85. The molecule has 0 N–H and O–H groups in total. The normalized spacial score (nSPS) is 17.5. The van der Waals surface area contributed by atoms with E-state index in [4.69, 9.17) is 4.98 Å². The van der Waals surface area contributed by atoms with E-state index in [1.165, 1.54) is 4.70 Å². The highest BCUT2D eigenvalue weighted by Gasteiger charge is 2.31. The lowest BCUT2D eigenvalue weighted by Crippen LogP contribution is -2.38. The van der Waals surface area contributed by atoms with Gasteiger partial charge in [-0.2, -0.15) is 5.10 Å². The monoisotopic (exact) mass is 405 g/mol. The number of para-hydroxylation sites is 1. The highest BCUT2D eigenvalue weighted by atomic mass is 32.1. The number of aromatic nitrogens is 4. The first-order valence-corrected chi connectivity index (χ1v) is 10.9. The lowest BCUT2D eigenvalue weighted by atomic mass is 10.0. The molecule has 1 aromatic carbocycles. The van der Waals surface area contributed by atoms with Gasteiger partial charge >= 0.3 is 0 Å². The predicted molar refractivity (Wildman–Crippen MR) is 115 cm³/mol. The maximum absolute atomic E-state index is 13.4. The van der Waals surface area contributed by atoms with E-state index >= 15 is 0 Å². The van der Waals surface area contributed by atoms with Crippen molar-refractivity contribution in [3.8, 4) is 0 Å². The zero-order valence-corrected chi connectivity index (χ0v) is 17.4. The fourth-order valence-corrected chi connectivity index (χ4v) is 5.18. The molecule has 0 radical (unpaired) electrons. The zero-order valence-electron chi connectivity index (χ0n) is 16.6. The van der Waals surface area contributed by atoms with Crippen molar-refractivity contribution in [1.29, 1.82) is 0 Å². The van der Waals surface area contributed by atoms with Crippen LogP contribution in [0, 0.1) is 0 Å². The van der Waals surface area contributed by atoms with E-state index in [1.807, 2.05) is 33.8 Å². The molecule has 1 aliphatic rings. The number of carbonyl (C=O) groups is 1. The van der Waals surface area contributed by atoms with Crippen LogP contribution in [-0.4, -0.2) is 37.1 Å². The minimum atomic E-state index is 0.0284. The molecule has 1 unspecified atom stereocenters. The standard InChI is InChI=1S/C22H23N5OS/c1-14(2)27-20-15(13-24-27)11-16(12-23-20)22(28)26-10-6-5-8-18(26)21-25-17-7-3-4-9-19(17)29-21/h3-4,7,9,11-14,18H,5-6,8,10H2,1-2H3. The molecule has 1 atom stereocenters. The minimum Gasteiger partial charge on any atom is -0.329 e. The van der Waals surface area contributed by atoms with Crippen molar-refractivity contribution >= 4 is 38.5 Å². The summed E-state index contributed by atoms with van der Waals surface area (Å²) in [6.07, 6.45) is 6.57. The van der Waals surface area contributed by atoms with Crippen LogP contribution in [0.4, 0.5) is 0 Å². The van der Waals surface area contributed by atoms with Gasteiger partial charge < -0.3 is 4.90 Å². The molecule has 1 fully saturated rings. The van der Waals surface area contributed by atoms with Crippen molar-refractivity contribution in [1.82, 2.24) is 24.6 Å². The molecule has 1 aliphatic heterocycles. The Labute approximate surface area is 173 Å². The summed E-state index contributed by atoms with van der Waals surface area (Å²) in [5.41, 5.74) is 2.45. The van der Waals surface area contributed by atoms with Gasteiger partial charge in [0.1, 0.15) is 5.01 Å². The summed E-state index contributed by atoms with van der Waals surface area (Å²) in [6.45, 7) is 4.90. The average molecular weight is 406 g/mol. The van der Waals surface area contributed by atoms with Gasteiger partial charge in [0.15, 0.2) is 5.65 Å². The van der Waals surface area contributed by atoms with Crippen LogP contribution in [0.1, 0.15) is 60.6 Å². The van der Waals surface area contributed by atoms with Crippen LogP contribution >= 0.6 is 11.3 Å². The van der Waals surface area contributed by atoms with E-state index in [9.17, 15) is 4.79 Å². The van der Waals surface area contributed by atoms with Gasteiger partial charge in [0.2, 0.25) is 0 Å². The van der Waals surface area contributed by atoms with E-state index in [-0.39, 0.29) is 18.0 Å². The summed E-state index contributed by atoms with van der Waals surface area (Å²) in [5, 5.41) is 6.35. The summed E-state index contributed by atoms with van der Waals surface area (Å²) in [4.78, 5) is 24.8. The van der Waals surface area contributed by atoms with Crippen molar-refractivity contribution in [2.24, 2.45) is 0 Å². The van der Waals surface area contributed by atoms with E-state index < -0.39 is 0 Å². The Hall–Kier alpha value is -2.80. The first-order chi connectivity index (χ1) is 14.1. The third-order valence-electron chi connectivity index (χ3n) is 5.53. The van der Waals surface area contributed by atoms with Gasteiger partial charge in [-0.25, -0.2) is 14.6 Å². The Morgan fingerprint density at radius 3 is 2.90 bits per heavy atom. The van der Waals surface area contributed by atoms with Crippen LogP contribution < -0.4 is 0 Å². The third kappa shape index (κ3) is 3.19. The summed E-state index contributed by atoms with van der Waals surface area (Å²) in [6, 6.07) is 10.3. The molecule has 29 heavy (non-hydrogen) atoms. The zero-order chi connectivity index (χ0) is 20.0. The first-order valence-electron chi connectivity index (χ1n) is 10.1. The van der Waals surface area contributed by atoms with Crippen LogP contribution in [0.2, 0.25) is 0 Å². The minimum absolute atomic E-state index is 0.0284. The Morgan fingerprint density at radius 2 is 2.07 bits per heavy atom. The maximum Gasteiger partial charge on any atom is 0.256 e. The van der Waals surface area contributed by atoms with Gasteiger partial charge in [0.05, 0.1) is 28.0 Å². The quantitative estimate of drug-likeness (QED) is 0.482. The molecule has 1 amide bonds. The molecule has 6 nitrogen and oxygen atoms in total. The Morgan fingerprint density at radius 1 is 1.21 bits per heavy atom. The molecule has 1 saturated heterocycles. The van der Waals surface area contributed by atoms with Crippen molar-refractivity contribution in [3.05, 3.63) is 53.3 Å². The Kier molecular flexibility index (Phi) is 4.54. The van der Waals surface area contributed by atoms with Crippen molar-refractivity contribution in [3.63, 3.8) is 0 Å². The Bertz CT molecular complexity index is 1160. The van der Waals surface area contributed by atoms with E-state index in [1.54, 1.807) is 23.7 Å². The molecular weight excluding hydrogens is 382 g/mol. The number of fused-ring (bicyclic) bond motifs is 2. The number of nitrogens with zero attached hydrogens (tertiary/aromatic N) is 5. The summed E-state index contributed by atoms with van der Waals surface area (Å²) >= 11 is 1.70. The van der Waals surface area contributed by atoms with Crippen LogP contribution in [-0.2, 0) is 0 Å². The van der Waals surface area contributed by atoms with Crippen molar-refractivity contribution < 1.29 is 4.79 Å². The number of thiazole rings is 1. The molecule has 0 bridgehead atoms. The van der Waals surface area contributed by atoms with Crippen LogP contribution in [0.15, 0.2) is 42.7 Å². The average Bonchev–Trinajstić information content (AvgIpc) is 3.36. The largest absolute Gasteiger partial charge is 0.329 e. The second-order valence-corrected chi connectivity index (χ2v) is 8.91. The van der Waals surface area contributed by atoms with E-state index in [0.717, 1.165) is 47.4 Å². The number of carbonyl (C=O) groups excluding carboxylic acids is 1. The summed E-state index contributed by atoms with van der Waals surface area (Å²) in [7, 11) is 0. The van der Waals surface area contributed by atoms with Gasteiger partial charge in [-0.15, -0.1) is 11.3 Å². The van der Waals surface area contributed by atoms with Gasteiger partial charge in [0.25, 0.3) is 5.91 Å². The molecule has 4 aromatic rings. The second kappa shape index (κ2) is 7.22. The molecular formula is C22H23N5OS. The summed E-state index contributed by atoms with van der Waals surface area (Å²) < 4.78 is 3.05. The number of benzene rings is 1. The van der Waals surface area contributed by atoms with Gasteiger partial charge in [0, 0.05) is 24.2 Å². The van der Waals surface area contributed by atoms with E-state index in [2.05, 4.69) is 30.0 Å². The molecule has 0 spiro atoms. The smallest absolute Gasteiger partial charge is 0.256 e. The van der Waals surface area contributed by atoms with Gasteiger partial charge in [-0.05, 0) is 51.3 Å². The van der Waals surface area contributed by atoms with Gasteiger partial charge in [-0.1, -0.05) is 12.1 Å². The van der Waals surface area contributed by atoms with Crippen molar-refractivity contribution in [2.75, 3.05) is 6.54 Å². The number of rotatable bonds is 3. The van der Waals surface area contributed by atoms with Crippen LogP contribution in [0.3, 0.4) is 0 Å². The number of pyridine rings is 1. The lowest BCUT2D eigenvalue weighted by molar-refractivity contribution is 0.0611. The number of hydrogen-bond acceptors (Lipinski definition) is 5. The topological polar surface area (TPSA) is 63.9 Å². The lowest BCUT2D eigenvalue weighted by Gasteiger charge is -2.34. The SMILES string of the molecule is CC(C)n1ncc2cc(C(=O)N3CCCCC3c3nc4ccccc4s3)cnc21. The molecule has 148 valence electrons. The third-order valence-corrected chi connectivity index (χ3v) is 6.67. The maximum atomic E-state index is 13.4. The first kappa shape index (κ1) is 18.2. The molecule has 3 aromatic heterocycles. The molecule has 0 saturated carbocycles. The Balaban J connectivity index is 1.49. The number of likely N-dealkylation sites (tertiary alicyclic amines) is 1. The predicted octanol–water partition coefficient (Wildman–Crippen LogP) is 4.99. The number of hydrogen-bond donors (Lipinski definition) is 0. The van der Waals surface area contributed by atoms with E-state index in [0.29, 0.717) is 5.56 Å². The fraction of sp³-hybridized carbons (Fsp3) is 0.364.